The summed E-state index contributed by atoms with van der Waals surface area (Å²) in [6.07, 6.45) is 0. The number of aromatic amines is 1. The van der Waals surface area contributed by atoms with E-state index in [9.17, 15) is 17.2 Å². The molecule has 0 spiro atoms. The molecular weight excluding hydrogens is 313 g/mol. The predicted molar refractivity (Wildman–Crippen MR) is 60.8 cm³/mol. The third kappa shape index (κ3) is 2.50. The third-order valence-electron chi connectivity index (χ3n) is 2.00. The van der Waals surface area contributed by atoms with Gasteiger partial charge in [-0.3, -0.25) is 0 Å². The second kappa shape index (κ2) is 4.52. The van der Waals surface area contributed by atoms with E-state index in [1.54, 1.807) is 0 Å². The Labute approximate surface area is 109 Å². The van der Waals surface area contributed by atoms with Crippen LogP contribution in [0.4, 0.5) is 8.78 Å². The van der Waals surface area contributed by atoms with Crippen LogP contribution in [-0.4, -0.2) is 25.0 Å². The van der Waals surface area contributed by atoms with Crippen LogP contribution in [0.15, 0.2) is 17.0 Å². The number of aromatic nitrogens is 2. The zero-order valence-electron chi connectivity index (χ0n) is 8.32. The number of ether oxygens (including phenoxy) is 1. The van der Waals surface area contributed by atoms with E-state index in [4.69, 9.17) is 22.3 Å². The summed E-state index contributed by atoms with van der Waals surface area (Å²) in [6.45, 7) is -3.19. The Morgan fingerprint density at radius 1 is 1.39 bits per heavy atom. The van der Waals surface area contributed by atoms with Crippen molar-refractivity contribution in [2.45, 2.75) is 11.5 Å². The molecule has 0 radical (unpaired) electrons. The van der Waals surface area contributed by atoms with Crippen LogP contribution in [-0.2, 0) is 9.05 Å². The zero-order chi connectivity index (χ0) is 13.5. The molecule has 10 heteroatoms. The van der Waals surface area contributed by atoms with E-state index >= 15 is 0 Å². The zero-order valence-corrected chi connectivity index (χ0v) is 10.7. The molecule has 18 heavy (non-hydrogen) atoms. The highest BCUT2D eigenvalue weighted by molar-refractivity contribution is 8.14. The van der Waals surface area contributed by atoms with Crippen molar-refractivity contribution >= 4 is 42.4 Å². The number of fused-ring (bicyclic) bond motifs is 1. The molecule has 0 bridgehead atoms. The lowest BCUT2D eigenvalue weighted by Gasteiger charge is -2.08. The van der Waals surface area contributed by atoms with Crippen LogP contribution in [0.25, 0.3) is 11.0 Å². The first-order chi connectivity index (χ1) is 8.29. The summed E-state index contributed by atoms with van der Waals surface area (Å²) in [6, 6.07) is 2.34. The van der Waals surface area contributed by atoms with Crippen molar-refractivity contribution in [1.82, 2.24) is 9.97 Å². The number of hydrogen-bond donors (Lipinski definition) is 1. The number of imidazole rings is 1. The second-order valence-corrected chi connectivity index (χ2v) is 5.99. The molecule has 0 unspecified atom stereocenters. The van der Waals surface area contributed by atoms with Crippen molar-refractivity contribution in [3.8, 4) is 5.75 Å². The van der Waals surface area contributed by atoms with E-state index in [0.29, 0.717) is 0 Å². The monoisotopic (exact) mass is 316 g/mol. The summed E-state index contributed by atoms with van der Waals surface area (Å²) in [5, 5.41) is -0.0965. The Kier molecular flexibility index (Phi) is 3.35. The SMILES string of the molecule is O=S(=O)(Cl)c1c(OC(F)F)ccc2[nH]c(Cl)nc12. The van der Waals surface area contributed by atoms with Gasteiger partial charge in [0.25, 0.3) is 9.05 Å². The van der Waals surface area contributed by atoms with Crippen LogP contribution < -0.4 is 4.74 Å². The lowest BCUT2D eigenvalue weighted by atomic mass is 10.3. The van der Waals surface area contributed by atoms with Gasteiger partial charge >= 0.3 is 6.61 Å². The highest BCUT2D eigenvalue weighted by Gasteiger charge is 2.25. The van der Waals surface area contributed by atoms with Crippen LogP contribution in [0, 0.1) is 0 Å². The molecule has 1 N–H and O–H groups in total. The average molecular weight is 317 g/mol. The van der Waals surface area contributed by atoms with Gasteiger partial charge in [-0.2, -0.15) is 8.78 Å². The van der Waals surface area contributed by atoms with E-state index in [0.717, 1.165) is 6.07 Å². The molecule has 1 aromatic carbocycles. The fraction of sp³-hybridized carbons (Fsp3) is 0.125. The number of H-pyrrole nitrogens is 1. The van der Waals surface area contributed by atoms with E-state index < -0.39 is 26.3 Å². The summed E-state index contributed by atoms with van der Waals surface area (Å²) < 4.78 is 51.3. The first-order valence-corrected chi connectivity index (χ1v) is 7.05. The Balaban J connectivity index is 2.79. The summed E-state index contributed by atoms with van der Waals surface area (Å²) in [5.74, 6) is -0.587. The second-order valence-electron chi connectivity index (χ2n) is 3.13. The van der Waals surface area contributed by atoms with Crippen molar-refractivity contribution in [3.05, 3.63) is 17.4 Å². The molecule has 1 aromatic heterocycles. The fourth-order valence-electron chi connectivity index (χ4n) is 1.43. The average Bonchev–Trinajstić information content (AvgIpc) is 2.54. The minimum Gasteiger partial charge on any atom is -0.433 e. The van der Waals surface area contributed by atoms with Gasteiger partial charge in [-0.1, -0.05) is 0 Å². The molecule has 0 aliphatic heterocycles. The maximum atomic E-state index is 12.2. The highest BCUT2D eigenvalue weighted by atomic mass is 35.7. The van der Waals surface area contributed by atoms with Crippen molar-refractivity contribution < 1.29 is 21.9 Å². The topological polar surface area (TPSA) is 72.1 Å². The summed E-state index contributed by atoms with van der Waals surface area (Å²) in [5.41, 5.74) is 0.0778. The van der Waals surface area contributed by atoms with E-state index in [1.165, 1.54) is 6.07 Å². The van der Waals surface area contributed by atoms with Crippen LogP contribution >= 0.6 is 22.3 Å². The molecule has 2 aromatic rings. The molecule has 0 aliphatic rings. The van der Waals surface area contributed by atoms with Gasteiger partial charge in [0.15, 0.2) is 4.90 Å². The minimum absolute atomic E-state index is 0.0965. The van der Waals surface area contributed by atoms with Crippen LogP contribution in [0.1, 0.15) is 0 Å². The van der Waals surface area contributed by atoms with Gasteiger partial charge in [-0.05, 0) is 23.7 Å². The minimum atomic E-state index is -4.32. The van der Waals surface area contributed by atoms with Gasteiger partial charge in [0.1, 0.15) is 11.3 Å². The standard InChI is InChI=1S/C8H4Cl2F2N2O3S/c9-7-13-3-1-2-4(17-8(11)12)6(5(3)14-7)18(10,15)16/h1-2,8H,(H,13,14). The molecule has 0 amide bonds. The van der Waals surface area contributed by atoms with Crippen molar-refractivity contribution in [2.24, 2.45) is 0 Å². The number of nitrogens with one attached hydrogen (secondary N) is 1. The molecule has 0 saturated carbocycles. The third-order valence-corrected chi connectivity index (χ3v) is 3.53. The lowest BCUT2D eigenvalue weighted by molar-refractivity contribution is -0.0515. The van der Waals surface area contributed by atoms with Crippen molar-refractivity contribution in [1.29, 1.82) is 0 Å². The Morgan fingerprint density at radius 3 is 2.61 bits per heavy atom. The van der Waals surface area contributed by atoms with Gasteiger partial charge in [-0.25, -0.2) is 13.4 Å². The van der Waals surface area contributed by atoms with Gasteiger partial charge in [0.2, 0.25) is 5.28 Å². The fourth-order valence-corrected chi connectivity index (χ4v) is 2.80. The molecule has 0 atom stereocenters. The Bertz CT molecular complexity index is 702. The highest BCUT2D eigenvalue weighted by Crippen LogP contribution is 2.34. The number of alkyl halides is 2. The van der Waals surface area contributed by atoms with Crippen molar-refractivity contribution in [3.63, 3.8) is 0 Å². The smallest absolute Gasteiger partial charge is 0.387 e. The molecule has 5 nitrogen and oxygen atoms in total. The lowest BCUT2D eigenvalue weighted by Crippen LogP contribution is -2.06. The van der Waals surface area contributed by atoms with Gasteiger partial charge < -0.3 is 9.72 Å². The maximum Gasteiger partial charge on any atom is 0.387 e. The van der Waals surface area contributed by atoms with E-state index in [2.05, 4.69) is 14.7 Å². The summed E-state index contributed by atoms with van der Waals surface area (Å²) in [4.78, 5) is 5.56. The Morgan fingerprint density at radius 2 is 2.06 bits per heavy atom. The van der Waals surface area contributed by atoms with Gasteiger partial charge in [0.05, 0.1) is 5.52 Å². The molecule has 0 fully saturated rings. The van der Waals surface area contributed by atoms with Gasteiger partial charge in [-0.15, -0.1) is 0 Å². The number of benzene rings is 1. The quantitative estimate of drug-likeness (QED) is 0.884. The van der Waals surface area contributed by atoms with Crippen LogP contribution in [0.2, 0.25) is 5.28 Å². The molecule has 0 aliphatic carbocycles. The van der Waals surface area contributed by atoms with Crippen LogP contribution in [0.3, 0.4) is 0 Å². The predicted octanol–water partition coefficient (Wildman–Crippen LogP) is 2.75. The summed E-state index contributed by atoms with van der Waals surface area (Å²) in [7, 11) is 0.866. The molecule has 98 valence electrons. The molecular formula is C8H4Cl2F2N2O3S. The molecule has 2 rings (SSSR count). The first-order valence-electron chi connectivity index (χ1n) is 4.36. The number of hydrogen-bond acceptors (Lipinski definition) is 4. The maximum absolute atomic E-state index is 12.2. The summed E-state index contributed by atoms with van der Waals surface area (Å²) >= 11 is 5.57. The van der Waals surface area contributed by atoms with Crippen molar-refractivity contribution in [2.75, 3.05) is 0 Å². The first kappa shape index (κ1) is 13.3. The normalized spacial score (nSPS) is 12.3. The number of rotatable bonds is 3. The number of halogens is 4. The van der Waals surface area contributed by atoms with E-state index in [1.807, 2.05) is 0 Å². The molecule has 0 saturated heterocycles. The van der Waals surface area contributed by atoms with Crippen LogP contribution in [0.5, 0.6) is 5.75 Å². The number of nitrogens with zero attached hydrogens (tertiary/aromatic N) is 1. The Hall–Kier alpha value is -1.12. The largest absolute Gasteiger partial charge is 0.433 e. The van der Waals surface area contributed by atoms with E-state index in [-0.39, 0.29) is 16.3 Å². The van der Waals surface area contributed by atoms with Gasteiger partial charge in [0, 0.05) is 10.7 Å². The molecule has 1 heterocycles.